The van der Waals surface area contributed by atoms with Crippen molar-refractivity contribution in [2.45, 2.75) is 37.8 Å². The quantitative estimate of drug-likeness (QED) is 0.640. The predicted octanol–water partition coefficient (Wildman–Crippen LogP) is 2.44. The number of phenolic OH excluding ortho intramolecular Hbond substituents is 1. The Kier molecular flexibility index (Phi) is 5.30. The Hall–Kier alpha value is -2.05. The summed E-state index contributed by atoms with van der Waals surface area (Å²) < 4.78 is 0. The second-order valence-electron chi connectivity index (χ2n) is 6.90. The number of urea groups is 1. The molecule has 2 atom stereocenters. The number of nitrogens with one attached hydrogen (secondary N) is 3. The molecule has 0 spiro atoms. The fourth-order valence-electron chi connectivity index (χ4n) is 3.47. The highest BCUT2D eigenvalue weighted by Crippen LogP contribution is 2.31. The summed E-state index contributed by atoms with van der Waals surface area (Å²) in [5, 5.41) is 23.2. The summed E-state index contributed by atoms with van der Waals surface area (Å²) in [6, 6.07) is 7.53. The average Bonchev–Trinajstić information content (AvgIpc) is 3.20. The van der Waals surface area contributed by atoms with Crippen LogP contribution in [0.15, 0.2) is 35.0 Å². The lowest BCUT2D eigenvalue weighted by molar-refractivity contribution is 0.232. The highest BCUT2D eigenvalue weighted by atomic mass is 32.1. The predicted molar refractivity (Wildman–Crippen MR) is 101 cm³/mol. The third-order valence-corrected chi connectivity index (χ3v) is 5.60. The van der Waals surface area contributed by atoms with Crippen molar-refractivity contribution in [3.8, 4) is 5.75 Å². The van der Waals surface area contributed by atoms with Crippen molar-refractivity contribution < 1.29 is 9.90 Å². The van der Waals surface area contributed by atoms with Crippen LogP contribution in [0.2, 0.25) is 0 Å². The lowest BCUT2D eigenvalue weighted by Crippen LogP contribution is -2.55. The van der Waals surface area contributed by atoms with Gasteiger partial charge in [0, 0.05) is 18.1 Å². The highest BCUT2D eigenvalue weighted by Gasteiger charge is 2.36. The number of benzene rings is 1. The van der Waals surface area contributed by atoms with Gasteiger partial charge >= 0.3 is 6.03 Å². The van der Waals surface area contributed by atoms with E-state index in [1.54, 1.807) is 17.4 Å². The first kappa shape index (κ1) is 17.8. The van der Waals surface area contributed by atoms with Crippen molar-refractivity contribution in [1.82, 2.24) is 16.0 Å². The zero-order valence-electron chi connectivity index (χ0n) is 14.6. The van der Waals surface area contributed by atoms with E-state index >= 15 is 0 Å². The van der Waals surface area contributed by atoms with Crippen LogP contribution >= 0.6 is 11.3 Å². The number of thiophene rings is 1. The van der Waals surface area contributed by atoms with Crippen molar-refractivity contribution in [2.75, 3.05) is 13.6 Å². The number of fused-ring (bicyclic) bond motifs is 1. The first-order chi connectivity index (χ1) is 12.0. The normalized spacial score (nSPS) is 20.1. The zero-order valence-corrected chi connectivity index (χ0v) is 15.5. The van der Waals surface area contributed by atoms with E-state index in [1.165, 1.54) is 11.1 Å². The van der Waals surface area contributed by atoms with Gasteiger partial charge in [-0.25, -0.2) is 4.79 Å². The van der Waals surface area contributed by atoms with Gasteiger partial charge in [-0.15, -0.1) is 0 Å². The second kappa shape index (κ2) is 7.45. The number of hydrogen-bond acceptors (Lipinski definition) is 4. The molecule has 4 N–H and O–H groups in total. The lowest BCUT2D eigenvalue weighted by Gasteiger charge is -2.29. The van der Waals surface area contributed by atoms with E-state index in [1.807, 2.05) is 31.5 Å². The van der Waals surface area contributed by atoms with E-state index in [4.69, 9.17) is 0 Å². The molecule has 25 heavy (non-hydrogen) atoms. The molecule has 1 aromatic carbocycles. The summed E-state index contributed by atoms with van der Waals surface area (Å²) in [7, 11) is 1.92. The first-order valence-electron chi connectivity index (χ1n) is 8.55. The largest absolute Gasteiger partial charge is 0.508 e. The zero-order chi connectivity index (χ0) is 17.9. The summed E-state index contributed by atoms with van der Waals surface area (Å²) >= 11 is 1.67. The van der Waals surface area contributed by atoms with Crippen LogP contribution in [0.25, 0.3) is 0 Å². The molecule has 1 unspecified atom stereocenters. The molecule has 1 aromatic heterocycles. The van der Waals surface area contributed by atoms with Gasteiger partial charge in [0.1, 0.15) is 5.75 Å². The summed E-state index contributed by atoms with van der Waals surface area (Å²) in [5.41, 5.74) is 3.41. The third-order valence-electron chi connectivity index (χ3n) is 4.86. The molecule has 0 radical (unpaired) electrons. The Morgan fingerprint density at radius 2 is 2.12 bits per heavy atom. The summed E-state index contributed by atoms with van der Waals surface area (Å²) in [5.74, 6) is 0.290. The number of hydrogen-bond donors (Lipinski definition) is 4. The van der Waals surface area contributed by atoms with E-state index in [0.29, 0.717) is 12.3 Å². The van der Waals surface area contributed by atoms with Crippen molar-refractivity contribution >= 4 is 17.4 Å². The van der Waals surface area contributed by atoms with Crippen LogP contribution in [-0.4, -0.2) is 36.3 Å². The van der Waals surface area contributed by atoms with Gasteiger partial charge in [0.25, 0.3) is 0 Å². The minimum Gasteiger partial charge on any atom is -0.508 e. The molecule has 5 nitrogen and oxygen atoms in total. The smallest absolute Gasteiger partial charge is 0.315 e. The maximum atomic E-state index is 12.2. The maximum Gasteiger partial charge on any atom is 0.315 e. The molecule has 3 rings (SSSR count). The fourth-order valence-corrected chi connectivity index (χ4v) is 4.15. The van der Waals surface area contributed by atoms with Gasteiger partial charge in [-0.05, 0) is 78.9 Å². The van der Waals surface area contributed by atoms with Crippen molar-refractivity contribution in [1.29, 1.82) is 0 Å². The summed E-state index contributed by atoms with van der Waals surface area (Å²) in [4.78, 5) is 12.2. The Bertz CT molecular complexity index is 732. The first-order valence-corrected chi connectivity index (χ1v) is 9.49. The summed E-state index contributed by atoms with van der Waals surface area (Å²) in [6.07, 6.45) is 2.46. The Labute approximate surface area is 152 Å². The Balaban J connectivity index is 1.52. The van der Waals surface area contributed by atoms with Gasteiger partial charge in [0.05, 0.1) is 0 Å². The molecule has 6 heteroatoms. The van der Waals surface area contributed by atoms with Gasteiger partial charge in [-0.1, -0.05) is 6.07 Å². The van der Waals surface area contributed by atoms with E-state index < -0.39 is 0 Å². The van der Waals surface area contributed by atoms with Crippen molar-refractivity contribution in [3.63, 3.8) is 0 Å². The number of carbonyl (C=O) groups excluding carboxylic acids is 1. The van der Waals surface area contributed by atoms with E-state index in [9.17, 15) is 9.90 Å². The molecule has 0 saturated carbocycles. The molecule has 0 saturated heterocycles. The third kappa shape index (κ3) is 4.32. The van der Waals surface area contributed by atoms with E-state index in [2.05, 4.69) is 27.4 Å². The minimum atomic E-state index is -0.204. The van der Waals surface area contributed by atoms with Crippen LogP contribution < -0.4 is 16.0 Å². The Morgan fingerprint density at radius 3 is 2.84 bits per heavy atom. The van der Waals surface area contributed by atoms with Gasteiger partial charge < -0.3 is 21.1 Å². The molecule has 1 heterocycles. The highest BCUT2D eigenvalue weighted by molar-refractivity contribution is 7.07. The topological polar surface area (TPSA) is 73.4 Å². The van der Waals surface area contributed by atoms with Gasteiger partial charge in [-0.2, -0.15) is 11.3 Å². The van der Waals surface area contributed by atoms with Crippen molar-refractivity contribution in [2.24, 2.45) is 0 Å². The monoisotopic (exact) mass is 359 g/mol. The number of likely N-dealkylation sites (N-methyl/N-ethyl adjacent to an activating group) is 1. The minimum absolute atomic E-state index is 0.0814. The number of phenols is 1. The standard InChI is InChI=1S/C19H25N3O2S/c1-13(7-14-5-6-25-11-14)22-18(24)21-12-19(20-2)9-15-3-4-17(23)8-16(15)10-19/h3-6,8,11,13,20,23H,7,9-10,12H2,1-2H3,(H2,21,22,24)/t13-,19?/m0/s1. The molecular weight excluding hydrogens is 334 g/mol. The van der Waals surface area contributed by atoms with Crippen LogP contribution in [0.3, 0.4) is 0 Å². The molecule has 1 aliphatic carbocycles. The molecule has 0 aliphatic heterocycles. The molecule has 1 aliphatic rings. The van der Waals surface area contributed by atoms with Gasteiger partial charge in [0.2, 0.25) is 0 Å². The van der Waals surface area contributed by atoms with Crippen LogP contribution in [0.1, 0.15) is 23.6 Å². The Morgan fingerprint density at radius 1 is 1.32 bits per heavy atom. The van der Waals surface area contributed by atoms with Crippen molar-refractivity contribution in [3.05, 3.63) is 51.7 Å². The molecule has 2 amide bonds. The van der Waals surface area contributed by atoms with Gasteiger partial charge in [0.15, 0.2) is 0 Å². The van der Waals surface area contributed by atoms with Crippen LogP contribution in [-0.2, 0) is 19.3 Å². The second-order valence-corrected chi connectivity index (χ2v) is 7.68. The molecule has 2 aromatic rings. The molecular formula is C19H25N3O2S. The number of aromatic hydroxyl groups is 1. The van der Waals surface area contributed by atoms with Gasteiger partial charge in [-0.3, -0.25) is 0 Å². The number of rotatable bonds is 6. The van der Waals surface area contributed by atoms with Crippen LogP contribution in [0.5, 0.6) is 5.75 Å². The average molecular weight is 359 g/mol. The van der Waals surface area contributed by atoms with Crippen LogP contribution in [0, 0.1) is 0 Å². The maximum absolute atomic E-state index is 12.2. The van der Waals surface area contributed by atoms with E-state index in [-0.39, 0.29) is 17.6 Å². The number of carbonyl (C=O) groups is 1. The van der Waals surface area contributed by atoms with E-state index in [0.717, 1.165) is 24.8 Å². The summed E-state index contributed by atoms with van der Waals surface area (Å²) in [6.45, 7) is 2.55. The lowest BCUT2D eigenvalue weighted by atomic mass is 9.96. The molecule has 0 fully saturated rings. The molecule has 134 valence electrons. The number of amides is 2. The molecule has 0 bridgehead atoms. The van der Waals surface area contributed by atoms with Crippen LogP contribution in [0.4, 0.5) is 4.79 Å². The SMILES string of the molecule is CNC1(CNC(=O)N[C@@H](C)Cc2ccsc2)Cc2ccc(O)cc2C1. The fraction of sp³-hybridized carbons (Fsp3) is 0.421.